The summed E-state index contributed by atoms with van der Waals surface area (Å²) in [6.45, 7) is 1.38. The van der Waals surface area contributed by atoms with Crippen molar-refractivity contribution in [2.45, 2.75) is 0 Å². The Bertz CT molecular complexity index is 195. The lowest BCUT2D eigenvalue weighted by Gasteiger charge is -2.28. The van der Waals surface area contributed by atoms with Gasteiger partial charge in [0.2, 0.25) is 5.91 Å². The topological polar surface area (TPSA) is 40.6 Å². The van der Waals surface area contributed by atoms with Gasteiger partial charge in [0.1, 0.15) is 0 Å². The summed E-state index contributed by atoms with van der Waals surface area (Å²) < 4.78 is 0. The lowest BCUT2D eigenvalue weighted by Crippen LogP contribution is -2.49. The second-order valence-corrected chi connectivity index (χ2v) is 2.86. The number of amides is 2. The third-order valence-electron chi connectivity index (χ3n) is 1.62. The van der Waals surface area contributed by atoms with E-state index in [4.69, 9.17) is 11.6 Å². The van der Waals surface area contributed by atoms with Crippen LogP contribution in [0.3, 0.4) is 0 Å². The highest BCUT2D eigenvalue weighted by Crippen LogP contribution is 2.03. The first-order valence-corrected chi connectivity index (χ1v) is 3.67. The Labute approximate surface area is 69.7 Å². The summed E-state index contributed by atoms with van der Waals surface area (Å²) >= 11 is 5.15. The third kappa shape index (κ3) is 1.91. The van der Waals surface area contributed by atoms with Crippen molar-refractivity contribution >= 4 is 22.9 Å². The Morgan fingerprint density at radius 3 is 2.64 bits per heavy atom. The van der Waals surface area contributed by atoms with Crippen molar-refractivity contribution < 1.29 is 9.59 Å². The summed E-state index contributed by atoms with van der Waals surface area (Å²) in [6.07, 6.45) is 0. The normalized spacial score (nSPS) is 20.5. The summed E-state index contributed by atoms with van der Waals surface area (Å²) in [5, 5.41) is -0.678. The van der Waals surface area contributed by atoms with Crippen LogP contribution in [-0.2, 0) is 4.79 Å². The van der Waals surface area contributed by atoms with Crippen LogP contribution >= 0.6 is 11.6 Å². The van der Waals surface area contributed by atoms with Crippen LogP contribution in [0.5, 0.6) is 0 Å². The highest BCUT2D eigenvalue weighted by Gasteiger charge is 2.25. The van der Waals surface area contributed by atoms with Gasteiger partial charge in [0.25, 0.3) is 0 Å². The molecule has 1 aliphatic rings. The van der Waals surface area contributed by atoms with Gasteiger partial charge in [0.05, 0.1) is 6.54 Å². The molecule has 0 bridgehead atoms. The predicted octanol–water partition coefficient (Wildman–Crippen LogP) is 0.119. The van der Waals surface area contributed by atoms with Gasteiger partial charge in [-0.3, -0.25) is 19.4 Å². The molecule has 1 aliphatic heterocycles. The number of piperazine rings is 1. The number of rotatable bonds is 0. The molecule has 1 fully saturated rings. The lowest BCUT2D eigenvalue weighted by molar-refractivity contribution is -0.131. The molecule has 62 valence electrons. The number of halogens is 1. The maximum absolute atomic E-state index is 11.0. The van der Waals surface area contributed by atoms with Gasteiger partial charge in [-0.1, -0.05) is 0 Å². The largest absolute Gasteiger partial charge is 0.323 e. The third-order valence-corrected chi connectivity index (χ3v) is 1.83. The molecule has 0 saturated carbocycles. The zero-order valence-corrected chi connectivity index (χ0v) is 6.97. The molecule has 0 spiro atoms. The fourth-order valence-corrected chi connectivity index (χ4v) is 1.16. The zero-order chi connectivity index (χ0) is 8.43. The van der Waals surface area contributed by atoms with E-state index in [1.807, 2.05) is 11.9 Å². The van der Waals surface area contributed by atoms with Gasteiger partial charge < -0.3 is 0 Å². The van der Waals surface area contributed by atoms with E-state index in [1.165, 1.54) is 0 Å². The first-order chi connectivity index (χ1) is 5.11. The Balaban J connectivity index is 2.58. The smallest absolute Gasteiger partial charge is 0.296 e. The highest BCUT2D eigenvalue weighted by atomic mass is 35.5. The van der Waals surface area contributed by atoms with Crippen molar-refractivity contribution in [1.82, 2.24) is 9.80 Å². The molecule has 0 radical (unpaired) electrons. The van der Waals surface area contributed by atoms with Gasteiger partial charge in [0.15, 0.2) is 0 Å². The summed E-state index contributed by atoms with van der Waals surface area (Å²) in [5.74, 6) is -0.223. The molecule has 0 aliphatic carbocycles. The van der Waals surface area contributed by atoms with Gasteiger partial charge >= 0.3 is 5.37 Å². The maximum atomic E-state index is 11.0. The minimum atomic E-state index is -0.678. The molecule has 11 heavy (non-hydrogen) atoms. The standard InChI is InChI=1S/C6H9ClN2O2/c1-8-2-3-9(6(7)11)5(10)4-8/h2-4H2,1H3. The van der Waals surface area contributed by atoms with Crippen molar-refractivity contribution in [2.24, 2.45) is 0 Å². The van der Waals surface area contributed by atoms with Gasteiger partial charge in [-0.25, -0.2) is 0 Å². The van der Waals surface area contributed by atoms with Crippen molar-refractivity contribution in [3.63, 3.8) is 0 Å². The summed E-state index contributed by atoms with van der Waals surface area (Å²) in [7, 11) is 1.83. The molecule has 0 aromatic heterocycles. The van der Waals surface area contributed by atoms with Crippen LogP contribution in [0.15, 0.2) is 0 Å². The molecule has 1 saturated heterocycles. The Morgan fingerprint density at radius 2 is 2.18 bits per heavy atom. The maximum Gasteiger partial charge on any atom is 0.323 e. The molecule has 2 amide bonds. The van der Waals surface area contributed by atoms with Gasteiger partial charge in [-0.2, -0.15) is 0 Å². The van der Waals surface area contributed by atoms with Crippen LogP contribution in [0.2, 0.25) is 0 Å². The van der Waals surface area contributed by atoms with E-state index in [9.17, 15) is 9.59 Å². The minimum absolute atomic E-state index is 0.223. The summed E-state index contributed by atoms with van der Waals surface area (Å²) in [4.78, 5) is 24.5. The average molecular weight is 177 g/mol. The fourth-order valence-electron chi connectivity index (χ4n) is 0.977. The van der Waals surface area contributed by atoms with Gasteiger partial charge in [0, 0.05) is 13.1 Å². The van der Waals surface area contributed by atoms with Crippen LogP contribution in [0.25, 0.3) is 0 Å². The van der Waals surface area contributed by atoms with Crippen LogP contribution in [-0.4, -0.2) is 47.8 Å². The van der Waals surface area contributed by atoms with E-state index < -0.39 is 5.37 Å². The average Bonchev–Trinajstić information content (AvgIpc) is 1.85. The molecule has 1 heterocycles. The monoisotopic (exact) mass is 176 g/mol. The van der Waals surface area contributed by atoms with E-state index in [0.717, 1.165) is 4.90 Å². The Hall–Kier alpha value is -0.610. The van der Waals surface area contributed by atoms with Crippen LogP contribution < -0.4 is 0 Å². The lowest BCUT2D eigenvalue weighted by atomic mass is 10.3. The molecular weight excluding hydrogens is 168 g/mol. The van der Waals surface area contributed by atoms with E-state index in [0.29, 0.717) is 13.1 Å². The molecule has 0 N–H and O–H groups in total. The van der Waals surface area contributed by atoms with Crippen molar-refractivity contribution in [2.75, 3.05) is 26.7 Å². The number of hydrogen-bond donors (Lipinski definition) is 0. The number of imide groups is 1. The summed E-state index contributed by atoms with van der Waals surface area (Å²) in [5.41, 5.74) is 0. The van der Waals surface area contributed by atoms with E-state index in [-0.39, 0.29) is 12.5 Å². The SMILES string of the molecule is CN1CCN(C(=O)Cl)C(=O)C1. The van der Waals surface area contributed by atoms with Crippen molar-refractivity contribution in [3.8, 4) is 0 Å². The van der Waals surface area contributed by atoms with Crippen LogP contribution in [0.4, 0.5) is 4.79 Å². The second-order valence-electron chi connectivity index (χ2n) is 2.54. The molecule has 0 aromatic rings. The number of hydrogen-bond acceptors (Lipinski definition) is 3. The Kier molecular flexibility index (Phi) is 2.46. The molecule has 0 aromatic carbocycles. The molecule has 1 rings (SSSR count). The zero-order valence-electron chi connectivity index (χ0n) is 6.21. The highest BCUT2D eigenvalue weighted by molar-refractivity contribution is 6.64. The second kappa shape index (κ2) is 3.19. The molecule has 5 heteroatoms. The first kappa shape index (κ1) is 8.49. The quantitative estimate of drug-likeness (QED) is 0.389. The van der Waals surface area contributed by atoms with E-state index >= 15 is 0 Å². The fraction of sp³-hybridized carbons (Fsp3) is 0.667. The van der Waals surface area contributed by atoms with Gasteiger partial charge in [-0.15, -0.1) is 0 Å². The first-order valence-electron chi connectivity index (χ1n) is 3.29. The number of carbonyl (C=O) groups is 2. The van der Waals surface area contributed by atoms with Crippen LogP contribution in [0.1, 0.15) is 0 Å². The van der Waals surface area contributed by atoms with Crippen molar-refractivity contribution in [3.05, 3.63) is 0 Å². The number of likely N-dealkylation sites (N-methyl/N-ethyl adjacent to an activating group) is 1. The molecular formula is C6H9ClN2O2. The van der Waals surface area contributed by atoms with Crippen molar-refractivity contribution in [1.29, 1.82) is 0 Å². The Morgan fingerprint density at radius 1 is 1.55 bits per heavy atom. The minimum Gasteiger partial charge on any atom is -0.296 e. The van der Waals surface area contributed by atoms with E-state index in [1.54, 1.807) is 0 Å². The predicted molar refractivity (Wildman–Crippen MR) is 40.5 cm³/mol. The number of nitrogens with zero attached hydrogens (tertiary/aromatic N) is 2. The number of carbonyl (C=O) groups excluding carboxylic acids is 2. The van der Waals surface area contributed by atoms with Gasteiger partial charge in [-0.05, 0) is 18.6 Å². The van der Waals surface area contributed by atoms with E-state index in [2.05, 4.69) is 0 Å². The molecule has 0 unspecified atom stereocenters. The summed E-state index contributed by atoms with van der Waals surface area (Å²) in [6, 6.07) is 0. The molecule has 4 nitrogen and oxygen atoms in total. The van der Waals surface area contributed by atoms with Crippen LogP contribution in [0, 0.1) is 0 Å². The molecule has 0 atom stereocenters.